The van der Waals surface area contributed by atoms with Crippen molar-refractivity contribution in [3.8, 4) is 0 Å². The Kier molecular flexibility index (Phi) is 5.14. The molecule has 2 atom stereocenters. The normalized spacial score (nSPS) is 20.3. The lowest BCUT2D eigenvalue weighted by molar-refractivity contribution is 0.0368. The Labute approximate surface area is 176 Å². The molecular formula is C18H14Cl3N3O3S. The van der Waals surface area contributed by atoms with E-state index in [1.54, 1.807) is 37.4 Å². The van der Waals surface area contributed by atoms with Crippen LogP contribution in [0.5, 0.6) is 0 Å². The second-order valence-corrected chi connectivity index (χ2v) is 9.71. The number of fused-ring (bicyclic) bond motifs is 1. The Morgan fingerprint density at radius 1 is 1.11 bits per heavy atom. The molecule has 1 aromatic heterocycles. The standard InChI is InChI=1S/C18H14Cl3N3O3S/c1-24-9-22-18(23-24)17-16(27-8-10-2-3-11(19)6-14(10)21)13-5-4-12(20)7-15(13)28(17,25)26/h2-7,9,16-17H,8H2,1H3. The Bertz CT molecular complexity index is 1160. The summed E-state index contributed by atoms with van der Waals surface area (Å²) in [5.74, 6) is 0.169. The number of hydrogen-bond acceptors (Lipinski definition) is 5. The molecule has 1 aliphatic rings. The molecule has 28 heavy (non-hydrogen) atoms. The fourth-order valence-electron chi connectivity index (χ4n) is 3.21. The number of aromatic nitrogens is 3. The van der Waals surface area contributed by atoms with Gasteiger partial charge in [0.05, 0.1) is 11.5 Å². The van der Waals surface area contributed by atoms with Gasteiger partial charge in [-0.2, -0.15) is 5.10 Å². The molecule has 2 unspecified atom stereocenters. The second-order valence-electron chi connectivity index (χ2n) is 6.39. The lowest BCUT2D eigenvalue weighted by Gasteiger charge is -2.18. The van der Waals surface area contributed by atoms with Crippen molar-refractivity contribution in [1.82, 2.24) is 14.8 Å². The quantitative estimate of drug-likeness (QED) is 0.573. The number of hydrogen-bond donors (Lipinski definition) is 0. The monoisotopic (exact) mass is 457 g/mol. The molecule has 10 heteroatoms. The number of nitrogens with zero attached hydrogens (tertiary/aromatic N) is 3. The second kappa shape index (κ2) is 7.31. The van der Waals surface area contributed by atoms with Crippen molar-refractivity contribution in [2.45, 2.75) is 22.9 Å². The van der Waals surface area contributed by atoms with Crippen LogP contribution in [0.15, 0.2) is 47.6 Å². The molecule has 2 aromatic carbocycles. The molecule has 0 bridgehead atoms. The van der Waals surface area contributed by atoms with Crippen LogP contribution in [-0.4, -0.2) is 23.2 Å². The van der Waals surface area contributed by atoms with Crippen molar-refractivity contribution in [3.63, 3.8) is 0 Å². The van der Waals surface area contributed by atoms with Crippen LogP contribution in [0.25, 0.3) is 0 Å². The molecule has 0 aliphatic carbocycles. The number of halogens is 3. The van der Waals surface area contributed by atoms with Gasteiger partial charge in [0, 0.05) is 27.7 Å². The van der Waals surface area contributed by atoms with E-state index in [4.69, 9.17) is 39.5 Å². The maximum atomic E-state index is 13.2. The van der Waals surface area contributed by atoms with Crippen LogP contribution in [0.3, 0.4) is 0 Å². The van der Waals surface area contributed by atoms with Crippen molar-refractivity contribution >= 4 is 44.6 Å². The molecule has 0 N–H and O–H groups in total. The van der Waals surface area contributed by atoms with Gasteiger partial charge in [-0.05, 0) is 29.8 Å². The van der Waals surface area contributed by atoms with Crippen LogP contribution in [0, 0.1) is 0 Å². The third-order valence-corrected chi connectivity index (χ3v) is 7.42. The number of ether oxygens (including phenoxy) is 1. The molecule has 0 fully saturated rings. The van der Waals surface area contributed by atoms with Gasteiger partial charge in [0.25, 0.3) is 0 Å². The zero-order valence-corrected chi connectivity index (χ0v) is 17.6. The first kappa shape index (κ1) is 19.7. The van der Waals surface area contributed by atoms with Crippen LogP contribution in [0.1, 0.15) is 28.3 Å². The van der Waals surface area contributed by atoms with Gasteiger partial charge in [0.1, 0.15) is 12.4 Å². The minimum absolute atomic E-state index is 0.0988. The molecule has 2 heterocycles. The SMILES string of the molecule is Cn1cnc(C2C(OCc3ccc(Cl)cc3Cl)c3ccc(Cl)cc3S2(=O)=O)n1. The molecule has 6 nitrogen and oxygen atoms in total. The summed E-state index contributed by atoms with van der Waals surface area (Å²) < 4.78 is 33.9. The largest absolute Gasteiger partial charge is 0.367 e. The van der Waals surface area contributed by atoms with Gasteiger partial charge in [0.2, 0.25) is 0 Å². The molecular weight excluding hydrogens is 445 g/mol. The van der Waals surface area contributed by atoms with Gasteiger partial charge in [-0.1, -0.05) is 46.9 Å². The summed E-state index contributed by atoms with van der Waals surface area (Å²) in [6.45, 7) is 0.0988. The van der Waals surface area contributed by atoms with Gasteiger partial charge < -0.3 is 4.74 Å². The van der Waals surface area contributed by atoms with E-state index in [1.165, 1.54) is 17.1 Å². The Morgan fingerprint density at radius 2 is 1.82 bits per heavy atom. The predicted molar refractivity (Wildman–Crippen MR) is 106 cm³/mol. The van der Waals surface area contributed by atoms with E-state index in [0.29, 0.717) is 26.2 Å². The third kappa shape index (κ3) is 3.42. The minimum atomic E-state index is -3.78. The zero-order chi connectivity index (χ0) is 20.1. The topological polar surface area (TPSA) is 74.1 Å². The van der Waals surface area contributed by atoms with Crippen LogP contribution in [0.4, 0.5) is 0 Å². The molecule has 0 saturated carbocycles. The van der Waals surface area contributed by atoms with Crippen LogP contribution >= 0.6 is 34.8 Å². The smallest absolute Gasteiger partial charge is 0.191 e. The molecule has 0 radical (unpaired) electrons. The van der Waals surface area contributed by atoms with E-state index < -0.39 is 21.2 Å². The van der Waals surface area contributed by atoms with E-state index >= 15 is 0 Å². The molecule has 146 valence electrons. The Hall–Kier alpha value is -1.64. The number of sulfone groups is 1. The summed E-state index contributed by atoms with van der Waals surface area (Å²) in [6, 6.07) is 9.77. The van der Waals surface area contributed by atoms with Crippen molar-refractivity contribution in [2.75, 3.05) is 0 Å². The Morgan fingerprint density at radius 3 is 2.50 bits per heavy atom. The van der Waals surface area contributed by atoms with E-state index in [0.717, 1.165) is 0 Å². The van der Waals surface area contributed by atoms with Gasteiger partial charge in [-0.3, -0.25) is 4.68 Å². The summed E-state index contributed by atoms with van der Waals surface area (Å²) >= 11 is 18.2. The first-order valence-electron chi connectivity index (χ1n) is 8.22. The van der Waals surface area contributed by atoms with E-state index in [-0.39, 0.29) is 17.3 Å². The number of rotatable bonds is 4. The fraction of sp³-hybridized carbons (Fsp3) is 0.222. The maximum Gasteiger partial charge on any atom is 0.191 e. The lowest BCUT2D eigenvalue weighted by atomic mass is 10.1. The summed E-state index contributed by atoms with van der Waals surface area (Å²) in [6.07, 6.45) is 0.653. The summed E-state index contributed by atoms with van der Waals surface area (Å²) in [4.78, 5) is 4.28. The van der Waals surface area contributed by atoms with E-state index in [1.807, 2.05) is 0 Å². The van der Waals surface area contributed by atoms with Gasteiger partial charge in [-0.15, -0.1) is 0 Å². The third-order valence-electron chi connectivity index (χ3n) is 4.50. The van der Waals surface area contributed by atoms with Crippen LogP contribution in [-0.2, 0) is 28.2 Å². The van der Waals surface area contributed by atoms with Crippen molar-refractivity contribution in [3.05, 3.63) is 74.7 Å². The lowest BCUT2D eigenvalue weighted by Crippen LogP contribution is -2.17. The highest BCUT2D eigenvalue weighted by Gasteiger charge is 2.49. The van der Waals surface area contributed by atoms with Crippen molar-refractivity contribution < 1.29 is 13.2 Å². The van der Waals surface area contributed by atoms with E-state index in [2.05, 4.69) is 10.1 Å². The van der Waals surface area contributed by atoms with Gasteiger partial charge in [-0.25, -0.2) is 13.4 Å². The Balaban J connectivity index is 1.75. The van der Waals surface area contributed by atoms with E-state index in [9.17, 15) is 8.42 Å². The van der Waals surface area contributed by atoms with Gasteiger partial charge >= 0.3 is 0 Å². The molecule has 0 amide bonds. The van der Waals surface area contributed by atoms with Crippen LogP contribution < -0.4 is 0 Å². The maximum absolute atomic E-state index is 13.2. The van der Waals surface area contributed by atoms with Crippen LogP contribution in [0.2, 0.25) is 15.1 Å². The highest BCUT2D eigenvalue weighted by atomic mass is 35.5. The highest BCUT2D eigenvalue weighted by molar-refractivity contribution is 7.92. The summed E-state index contributed by atoms with van der Waals surface area (Å²) in [7, 11) is -2.11. The summed E-state index contributed by atoms with van der Waals surface area (Å²) in [5, 5.41) is 4.40. The fourth-order valence-corrected chi connectivity index (χ4v) is 5.92. The molecule has 3 aromatic rings. The first-order chi connectivity index (χ1) is 13.3. The predicted octanol–water partition coefficient (Wildman–Crippen LogP) is 4.56. The number of benzene rings is 2. The molecule has 1 aliphatic heterocycles. The minimum Gasteiger partial charge on any atom is -0.367 e. The highest BCUT2D eigenvalue weighted by Crippen LogP contribution is 2.50. The molecule has 0 saturated heterocycles. The number of aryl methyl sites for hydroxylation is 1. The summed E-state index contributed by atoms with van der Waals surface area (Å²) in [5.41, 5.74) is 1.21. The van der Waals surface area contributed by atoms with Crippen molar-refractivity contribution in [2.24, 2.45) is 7.05 Å². The average Bonchev–Trinajstić information content (AvgIpc) is 3.13. The average molecular weight is 459 g/mol. The van der Waals surface area contributed by atoms with Gasteiger partial charge in [0.15, 0.2) is 20.9 Å². The molecule has 0 spiro atoms. The molecule has 4 rings (SSSR count). The van der Waals surface area contributed by atoms with Crippen molar-refractivity contribution in [1.29, 1.82) is 0 Å². The first-order valence-corrected chi connectivity index (χ1v) is 10.9. The zero-order valence-electron chi connectivity index (χ0n) is 14.5.